The van der Waals surface area contributed by atoms with E-state index in [1.807, 2.05) is 0 Å². The molecule has 1 unspecified atom stereocenters. The number of amides is 2. The van der Waals surface area contributed by atoms with E-state index in [1.54, 1.807) is 31.2 Å². The standard InChI is InChI=1S/C18H15ClN2O5/c1-10-17(23)21(9-16(22)20-13-4-2-3-12(19)8-13)14-6-5-11(18(24)25)7-15(14)26-10/h2-8,10H,9H2,1H3,(H,20,22)(H,24,25). The molecule has 0 bridgehead atoms. The lowest BCUT2D eigenvalue weighted by molar-refractivity contribution is -0.127. The van der Waals surface area contributed by atoms with Crippen LogP contribution >= 0.6 is 11.6 Å². The molecule has 2 aromatic rings. The Morgan fingerprint density at radius 2 is 2.04 bits per heavy atom. The highest BCUT2D eigenvalue weighted by atomic mass is 35.5. The highest BCUT2D eigenvalue weighted by Gasteiger charge is 2.33. The van der Waals surface area contributed by atoms with E-state index in [9.17, 15) is 14.4 Å². The first-order valence-corrected chi connectivity index (χ1v) is 8.14. The third-order valence-electron chi connectivity index (χ3n) is 3.83. The van der Waals surface area contributed by atoms with Crippen LogP contribution in [0.5, 0.6) is 5.75 Å². The maximum atomic E-state index is 12.4. The lowest BCUT2D eigenvalue weighted by Gasteiger charge is -2.32. The number of anilines is 2. The van der Waals surface area contributed by atoms with E-state index in [0.29, 0.717) is 16.4 Å². The molecule has 26 heavy (non-hydrogen) atoms. The van der Waals surface area contributed by atoms with Crippen molar-refractivity contribution in [3.05, 3.63) is 53.1 Å². The molecular formula is C18H15ClN2O5. The molecule has 1 aliphatic rings. The van der Waals surface area contributed by atoms with Crippen LogP contribution < -0.4 is 15.0 Å². The molecule has 3 rings (SSSR count). The fourth-order valence-electron chi connectivity index (χ4n) is 2.62. The van der Waals surface area contributed by atoms with E-state index in [1.165, 1.54) is 23.1 Å². The second kappa shape index (κ2) is 7.05. The predicted octanol–water partition coefficient (Wildman–Crippen LogP) is 2.79. The van der Waals surface area contributed by atoms with Crippen LogP contribution in [0.3, 0.4) is 0 Å². The molecule has 2 aromatic carbocycles. The van der Waals surface area contributed by atoms with Crippen molar-refractivity contribution in [1.29, 1.82) is 0 Å². The van der Waals surface area contributed by atoms with E-state index in [4.69, 9.17) is 21.4 Å². The number of carbonyl (C=O) groups is 3. The summed E-state index contributed by atoms with van der Waals surface area (Å²) in [6.07, 6.45) is -0.828. The van der Waals surface area contributed by atoms with E-state index in [0.717, 1.165) is 0 Å². The number of rotatable bonds is 4. The number of ether oxygens (including phenoxy) is 1. The molecule has 1 aliphatic heterocycles. The molecule has 134 valence electrons. The van der Waals surface area contributed by atoms with Gasteiger partial charge in [0.15, 0.2) is 6.10 Å². The van der Waals surface area contributed by atoms with Crippen LogP contribution in [0, 0.1) is 0 Å². The van der Waals surface area contributed by atoms with Gasteiger partial charge in [0.05, 0.1) is 11.3 Å². The first-order chi connectivity index (χ1) is 12.3. The highest BCUT2D eigenvalue weighted by molar-refractivity contribution is 6.30. The van der Waals surface area contributed by atoms with Crippen LogP contribution in [0.1, 0.15) is 17.3 Å². The first-order valence-electron chi connectivity index (χ1n) is 7.76. The van der Waals surface area contributed by atoms with Crippen molar-refractivity contribution in [2.45, 2.75) is 13.0 Å². The smallest absolute Gasteiger partial charge is 0.335 e. The van der Waals surface area contributed by atoms with Gasteiger partial charge in [0.2, 0.25) is 5.91 Å². The number of halogens is 1. The summed E-state index contributed by atoms with van der Waals surface area (Å²) in [5.41, 5.74) is 0.894. The molecule has 8 heteroatoms. The maximum Gasteiger partial charge on any atom is 0.335 e. The number of nitrogens with one attached hydrogen (secondary N) is 1. The molecule has 0 spiro atoms. The maximum absolute atomic E-state index is 12.4. The van der Waals surface area contributed by atoms with E-state index in [2.05, 4.69) is 5.32 Å². The van der Waals surface area contributed by atoms with Gasteiger partial charge in [-0.05, 0) is 43.3 Å². The Labute approximate surface area is 154 Å². The number of fused-ring (bicyclic) bond motifs is 1. The summed E-state index contributed by atoms with van der Waals surface area (Å²) in [5.74, 6) is -1.66. The van der Waals surface area contributed by atoms with Crippen LogP contribution in [0.2, 0.25) is 5.02 Å². The Hall–Kier alpha value is -3.06. The Kier molecular flexibility index (Phi) is 4.81. The van der Waals surface area contributed by atoms with E-state index < -0.39 is 18.0 Å². The molecule has 0 saturated heterocycles. The van der Waals surface area contributed by atoms with Crippen LogP contribution in [0.4, 0.5) is 11.4 Å². The van der Waals surface area contributed by atoms with Gasteiger partial charge >= 0.3 is 5.97 Å². The largest absolute Gasteiger partial charge is 0.479 e. The number of hydrogen-bond donors (Lipinski definition) is 2. The summed E-state index contributed by atoms with van der Waals surface area (Å²) in [6, 6.07) is 10.8. The van der Waals surface area contributed by atoms with Gasteiger partial charge in [-0.1, -0.05) is 17.7 Å². The number of nitrogens with zero attached hydrogens (tertiary/aromatic N) is 1. The molecule has 2 amide bonds. The molecule has 0 aromatic heterocycles. The summed E-state index contributed by atoms with van der Waals surface area (Å²) in [7, 11) is 0. The van der Waals surface area contributed by atoms with Gasteiger partial charge in [-0.15, -0.1) is 0 Å². The average molecular weight is 375 g/mol. The van der Waals surface area contributed by atoms with Crippen LogP contribution in [0.25, 0.3) is 0 Å². The summed E-state index contributed by atoms with van der Waals surface area (Å²) < 4.78 is 5.48. The molecule has 1 heterocycles. The molecule has 1 atom stereocenters. The van der Waals surface area contributed by atoms with Crippen molar-refractivity contribution in [3.63, 3.8) is 0 Å². The van der Waals surface area contributed by atoms with E-state index in [-0.39, 0.29) is 23.8 Å². The predicted molar refractivity (Wildman–Crippen MR) is 95.9 cm³/mol. The third-order valence-corrected chi connectivity index (χ3v) is 4.06. The monoisotopic (exact) mass is 374 g/mol. The van der Waals surface area contributed by atoms with Crippen LogP contribution in [0.15, 0.2) is 42.5 Å². The summed E-state index contributed by atoms with van der Waals surface area (Å²) in [5, 5.41) is 12.2. The molecule has 0 saturated carbocycles. The lowest BCUT2D eigenvalue weighted by atomic mass is 10.1. The van der Waals surface area contributed by atoms with Crippen molar-refractivity contribution >= 4 is 40.8 Å². The molecule has 7 nitrogen and oxygen atoms in total. The van der Waals surface area contributed by atoms with Crippen molar-refractivity contribution < 1.29 is 24.2 Å². The number of carboxylic acids is 1. The number of carbonyl (C=O) groups excluding carboxylic acids is 2. The quantitative estimate of drug-likeness (QED) is 0.857. The molecule has 2 N–H and O–H groups in total. The number of carboxylic acid groups (broad SMARTS) is 1. The zero-order chi connectivity index (χ0) is 18.8. The van der Waals surface area contributed by atoms with Gasteiger partial charge in [0.25, 0.3) is 5.91 Å². The third kappa shape index (κ3) is 3.62. The van der Waals surface area contributed by atoms with Gasteiger partial charge < -0.3 is 15.2 Å². The minimum absolute atomic E-state index is 0.0358. The second-order valence-corrected chi connectivity index (χ2v) is 6.17. The zero-order valence-electron chi connectivity index (χ0n) is 13.7. The SMILES string of the molecule is CC1Oc2cc(C(=O)O)ccc2N(CC(=O)Nc2cccc(Cl)c2)C1=O. The Balaban J connectivity index is 1.83. The Morgan fingerprint density at radius 1 is 1.27 bits per heavy atom. The van der Waals surface area contributed by atoms with Gasteiger partial charge in [0.1, 0.15) is 12.3 Å². The number of aromatic carboxylic acids is 1. The van der Waals surface area contributed by atoms with E-state index >= 15 is 0 Å². The zero-order valence-corrected chi connectivity index (χ0v) is 14.5. The molecule has 0 fully saturated rings. The normalized spacial score (nSPS) is 15.8. The Bertz CT molecular complexity index is 899. The van der Waals surface area contributed by atoms with Crippen molar-refractivity contribution in [2.75, 3.05) is 16.8 Å². The topological polar surface area (TPSA) is 95.9 Å². The van der Waals surface area contributed by atoms with Crippen LogP contribution in [-0.2, 0) is 9.59 Å². The average Bonchev–Trinajstić information content (AvgIpc) is 2.58. The summed E-state index contributed by atoms with van der Waals surface area (Å²) in [6.45, 7) is 1.30. The second-order valence-electron chi connectivity index (χ2n) is 5.73. The highest BCUT2D eigenvalue weighted by Crippen LogP contribution is 2.35. The fourth-order valence-corrected chi connectivity index (χ4v) is 2.81. The number of benzene rings is 2. The van der Waals surface area contributed by atoms with Crippen molar-refractivity contribution in [3.8, 4) is 5.75 Å². The lowest BCUT2D eigenvalue weighted by Crippen LogP contribution is -2.47. The number of hydrogen-bond acceptors (Lipinski definition) is 4. The van der Waals surface area contributed by atoms with Gasteiger partial charge in [-0.2, -0.15) is 0 Å². The fraction of sp³-hybridized carbons (Fsp3) is 0.167. The van der Waals surface area contributed by atoms with Crippen molar-refractivity contribution in [1.82, 2.24) is 0 Å². The van der Waals surface area contributed by atoms with Crippen LogP contribution in [-0.4, -0.2) is 35.5 Å². The van der Waals surface area contributed by atoms with Gasteiger partial charge in [0, 0.05) is 10.7 Å². The summed E-state index contributed by atoms with van der Waals surface area (Å²) in [4.78, 5) is 37.2. The summed E-state index contributed by atoms with van der Waals surface area (Å²) >= 11 is 5.89. The minimum atomic E-state index is -1.11. The van der Waals surface area contributed by atoms with Gasteiger partial charge in [-0.25, -0.2) is 4.79 Å². The van der Waals surface area contributed by atoms with Gasteiger partial charge in [-0.3, -0.25) is 14.5 Å². The minimum Gasteiger partial charge on any atom is -0.479 e. The molecule has 0 aliphatic carbocycles. The molecule has 0 radical (unpaired) electrons. The molecular weight excluding hydrogens is 360 g/mol. The first kappa shape index (κ1) is 17.8. The van der Waals surface area contributed by atoms with Crippen molar-refractivity contribution in [2.24, 2.45) is 0 Å². The Morgan fingerprint density at radius 3 is 2.73 bits per heavy atom.